The van der Waals surface area contributed by atoms with Gasteiger partial charge in [-0.1, -0.05) is 24.3 Å². The van der Waals surface area contributed by atoms with E-state index < -0.39 is 11.6 Å². The zero-order valence-electron chi connectivity index (χ0n) is 15.1. The quantitative estimate of drug-likeness (QED) is 0.532. The van der Waals surface area contributed by atoms with Crippen molar-refractivity contribution in [3.05, 3.63) is 35.4 Å². The third kappa shape index (κ3) is 3.90. The van der Waals surface area contributed by atoms with Gasteiger partial charge in [0, 0.05) is 19.1 Å². The molecular formula is C19H27N3O4. The number of benzene rings is 1. The lowest BCUT2D eigenvalue weighted by Crippen LogP contribution is -2.61. The van der Waals surface area contributed by atoms with Gasteiger partial charge in [-0.25, -0.2) is 0 Å². The molecule has 0 aromatic heterocycles. The maximum absolute atomic E-state index is 12.4. The third-order valence-corrected chi connectivity index (χ3v) is 5.39. The number of carbonyl (C=O) groups excluding carboxylic acids is 2. The molecule has 3 rings (SSSR count). The van der Waals surface area contributed by atoms with Gasteiger partial charge in [0.25, 0.3) is 0 Å². The molecule has 0 bridgehead atoms. The lowest BCUT2D eigenvalue weighted by atomic mass is 10.0. The van der Waals surface area contributed by atoms with Gasteiger partial charge in [-0.3, -0.25) is 14.5 Å². The second-order valence-electron chi connectivity index (χ2n) is 7.50. The Balaban J connectivity index is 1.70. The van der Waals surface area contributed by atoms with Crippen molar-refractivity contribution < 1.29 is 19.8 Å². The molecule has 1 aromatic carbocycles. The maximum Gasteiger partial charge on any atom is 0.237 e. The molecule has 1 fully saturated rings. The summed E-state index contributed by atoms with van der Waals surface area (Å²) in [6, 6.07) is 7.96. The van der Waals surface area contributed by atoms with Gasteiger partial charge in [0.1, 0.15) is 0 Å². The van der Waals surface area contributed by atoms with E-state index in [4.69, 9.17) is 0 Å². The first-order valence-electron chi connectivity index (χ1n) is 9.09. The van der Waals surface area contributed by atoms with Gasteiger partial charge in [-0.05, 0) is 30.9 Å². The van der Waals surface area contributed by atoms with Crippen LogP contribution in [-0.4, -0.2) is 70.9 Å². The summed E-state index contributed by atoms with van der Waals surface area (Å²) in [5.41, 5.74) is 1.52. The van der Waals surface area contributed by atoms with Gasteiger partial charge < -0.3 is 20.8 Å². The van der Waals surface area contributed by atoms with E-state index in [1.165, 1.54) is 11.1 Å². The smallest absolute Gasteiger partial charge is 0.237 e. The van der Waals surface area contributed by atoms with E-state index in [1.807, 2.05) is 12.1 Å². The van der Waals surface area contributed by atoms with Crippen LogP contribution < -0.4 is 10.6 Å². The highest BCUT2D eigenvalue weighted by molar-refractivity contribution is 5.89. The number of amides is 2. The van der Waals surface area contributed by atoms with E-state index in [2.05, 4.69) is 27.7 Å². The van der Waals surface area contributed by atoms with Crippen LogP contribution >= 0.6 is 0 Å². The van der Waals surface area contributed by atoms with E-state index in [0.29, 0.717) is 13.1 Å². The van der Waals surface area contributed by atoms with Crippen LogP contribution in [0.2, 0.25) is 0 Å². The molecule has 1 unspecified atom stereocenters. The summed E-state index contributed by atoms with van der Waals surface area (Å²) in [6.45, 7) is 2.12. The van der Waals surface area contributed by atoms with Crippen molar-refractivity contribution in [2.45, 2.75) is 43.8 Å². The predicted octanol–water partition coefficient (Wildman–Crippen LogP) is -0.796. The van der Waals surface area contributed by atoms with E-state index >= 15 is 0 Å². The molecule has 142 valence electrons. The van der Waals surface area contributed by atoms with Gasteiger partial charge >= 0.3 is 0 Å². The fraction of sp³-hybridized carbons (Fsp3) is 0.579. The van der Waals surface area contributed by atoms with Crippen LogP contribution in [0.3, 0.4) is 0 Å². The molecule has 7 nitrogen and oxygen atoms in total. The minimum Gasteiger partial charge on any atom is -0.394 e. The molecule has 0 saturated carbocycles. The number of nitrogens with one attached hydrogen (secondary N) is 2. The van der Waals surface area contributed by atoms with Crippen LogP contribution in [0.5, 0.6) is 0 Å². The molecular weight excluding hydrogens is 334 g/mol. The van der Waals surface area contributed by atoms with Crippen molar-refractivity contribution in [1.29, 1.82) is 0 Å². The summed E-state index contributed by atoms with van der Waals surface area (Å²) >= 11 is 0. The van der Waals surface area contributed by atoms with Gasteiger partial charge in [0.05, 0.1) is 31.2 Å². The predicted molar refractivity (Wildman–Crippen MR) is 96.5 cm³/mol. The van der Waals surface area contributed by atoms with E-state index in [9.17, 15) is 19.8 Å². The minimum absolute atomic E-state index is 0.00820. The number of piperazine rings is 1. The Labute approximate surface area is 153 Å². The van der Waals surface area contributed by atoms with E-state index in [1.54, 1.807) is 6.92 Å². The largest absolute Gasteiger partial charge is 0.394 e. The van der Waals surface area contributed by atoms with Crippen molar-refractivity contribution in [3.8, 4) is 0 Å². The first kappa shape index (κ1) is 18.8. The molecule has 2 aliphatic rings. The number of nitrogens with zero attached hydrogens (tertiary/aromatic N) is 1. The first-order chi connectivity index (χ1) is 12.5. The topological polar surface area (TPSA) is 102 Å². The van der Waals surface area contributed by atoms with Crippen molar-refractivity contribution in [2.75, 3.05) is 26.3 Å². The average molecular weight is 361 g/mol. The standard InChI is InChI=1S/C19H27N3O4/c1-19(11-23,12-24)21-17(25)10-16-18(26)20-6-7-22(16)15-8-13-4-2-3-5-14(13)9-15/h2-5,15-16,23-24H,6-12H2,1H3,(H,20,26)(H,21,25). The van der Waals surface area contributed by atoms with Crippen LogP contribution in [0.15, 0.2) is 24.3 Å². The van der Waals surface area contributed by atoms with Crippen molar-refractivity contribution in [3.63, 3.8) is 0 Å². The van der Waals surface area contributed by atoms with Gasteiger partial charge in [0.15, 0.2) is 0 Å². The number of fused-ring (bicyclic) bond motifs is 1. The molecule has 1 aromatic rings. The highest BCUT2D eigenvalue weighted by atomic mass is 16.3. The van der Waals surface area contributed by atoms with Crippen molar-refractivity contribution in [1.82, 2.24) is 15.5 Å². The molecule has 1 aliphatic carbocycles. The molecule has 0 spiro atoms. The second kappa shape index (κ2) is 7.73. The molecule has 26 heavy (non-hydrogen) atoms. The minimum atomic E-state index is -1.09. The second-order valence-corrected chi connectivity index (χ2v) is 7.50. The summed E-state index contributed by atoms with van der Waals surface area (Å²) in [5.74, 6) is -0.491. The lowest BCUT2D eigenvalue weighted by Gasteiger charge is -2.39. The van der Waals surface area contributed by atoms with Crippen molar-refractivity contribution >= 4 is 11.8 Å². The number of aliphatic hydroxyl groups is 2. The summed E-state index contributed by atoms with van der Waals surface area (Å²) in [7, 11) is 0. The van der Waals surface area contributed by atoms with Gasteiger partial charge in [-0.15, -0.1) is 0 Å². The maximum atomic E-state index is 12.4. The van der Waals surface area contributed by atoms with Crippen LogP contribution in [0.1, 0.15) is 24.5 Å². The molecule has 2 amide bonds. The molecule has 1 atom stereocenters. The highest BCUT2D eigenvalue weighted by Gasteiger charge is 2.38. The van der Waals surface area contributed by atoms with Gasteiger partial charge in [-0.2, -0.15) is 0 Å². The number of carbonyl (C=O) groups is 2. The Bertz CT molecular complexity index is 650. The first-order valence-corrected chi connectivity index (χ1v) is 9.09. The fourth-order valence-corrected chi connectivity index (χ4v) is 3.84. The Morgan fingerprint density at radius 3 is 2.46 bits per heavy atom. The van der Waals surface area contributed by atoms with E-state index in [-0.39, 0.29) is 37.5 Å². The lowest BCUT2D eigenvalue weighted by molar-refractivity contribution is -0.136. The van der Waals surface area contributed by atoms with Crippen LogP contribution in [-0.2, 0) is 22.4 Å². The third-order valence-electron chi connectivity index (χ3n) is 5.39. The zero-order valence-corrected chi connectivity index (χ0v) is 15.1. The average Bonchev–Trinajstić information content (AvgIpc) is 3.07. The number of aliphatic hydroxyl groups excluding tert-OH is 2. The molecule has 7 heteroatoms. The Morgan fingerprint density at radius 1 is 1.27 bits per heavy atom. The Kier molecular flexibility index (Phi) is 5.60. The molecule has 4 N–H and O–H groups in total. The van der Waals surface area contributed by atoms with Crippen LogP contribution in [0.25, 0.3) is 0 Å². The summed E-state index contributed by atoms with van der Waals surface area (Å²) in [4.78, 5) is 27.0. The summed E-state index contributed by atoms with van der Waals surface area (Å²) in [6.07, 6.45) is 1.77. The molecule has 1 aliphatic heterocycles. The fourth-order valence-electron chi connectivity index (χ4n) is 3.84. The number of hydrogen-bond acceptors (Lipinski definition) is 5. The zero-order chi connectivity index (χ0) is 18.7. The Morgan fingerprint density at radius 2 is 1.88 bits per heavy atom. The monoisotopic (exact) mass is 361 g/mol. The molecule has 1 heterocycles. The summed E-state index contributed by atoms with van der Waals surface area (Å²) in [5, 5.41) is 24.2. The van der Waals surface area contributed by atoms with Crippen LogP contribution in [0, 0.1) is 0 Å². The SMILES string of the molecule is CC(CO)(CO)NC(=O)CC1C(=O)NCCN1C1Cc2ccccc2C1. The van der Waals surface area contributed by atoms with Crippen molar-refractivity contribution in [2.24, 2.45) is 0 Å². The normalized spacial score (nSPS) is 21.3. The highest BCUT2D eigenvalue weighted by Crippen LogP contribution is 2.28. The van der Waals surface area contributed by atoms with E-state index in [0.717, 1.165) is 12.8 Å². The molecule has 0 radical (unpaired) electrons. The van der Waals surface area contributed by atoms with Gasteiger partial charge in [0.2, 0.25) is 11.8 Å². The Hall–Kier alpha value is -1.96. The number of rotatable bonds is 6. The number of hydrogen-bond donors (Lipinski definition) is 4. The summed E-state index contributed by atoms with van der Waals surface area (Å²) < 4.78 is 0. The molecule has 1 saturated heterocycles. The van der Waals surface area contributed by atoms with Crippen LogP contribution in [0.4, 0.5) is 0 Å².